The van der Waals surface area contributed by atoms with Crippen molar-refractivity contribution in [2.24, 2.45) is 0 Å². The van der Waals surface area contributed by atoms with Crippen LogP contribution < -0.4 is 5.32 Å². The molecule has 2 nitrogen and oxygen atoms in total. The van der Waals surface area contributed by atoms with Gasteiger partial charge in [0.15, 0.2) is 0 Å². The maximum Gasteiger partial charge on any atom is 0.416 e. The molecule has 0 heterocycles. The van der Waals surface area contributed by atoms with Crippen LogP contribution in [0.2, 0.25) is 0 Å². The lowest BCUT2D eigenvalue weighted by Crippen LogP contribution is -2.27. The van der Waals surface area contributed by atoms with Crippen molar-refractivity contribution in [2.45, 2.75) is 19.1 Å². The molecule has 144 valence electrons. The van der Waals surface area contributed by atoms with Gasteiger partial charge in [0.1, 0.15) is 0 Å². The minimum atomic E-state index is -4.50. The molecule has 3 rings (SSSR count). The molecule has 3 aromatic carbocycles. The number of rotatable bonds is 4. The number of hydrogen-bond donors (Lipinski definition) is 1. The Morgan fingerprint density at radius 1 is 1.04 bits per heavy atom. The molecule has 0 unspecified atom stereocenters. The number of carbonyl (C=O) groups excluding carboxylic acids is 1. The third kappa shape index (κ3) is 4.20. The quantitative estimate of drug-likeness (QED) is 0.508. The van der Waals surface area contributed by atoms with Gasteiger partial charge in [0, 0.05) is 5.54 Å². The summed E-state index contributed by atoms with van der Waals surface area (Å²) in [6.07, 6.45) is -4.50. The molecule has 0 aliphatic heterocycles. The van der Waals surface area contributed by atoms with Gasteiger partial charge in [-0.1, -0.05) is 66.2 Å². The fraction of sp³-hybridized carbons (Fsp3) is 0.136. The highest BCUT2D eigenvalue weighted by atomic mass is 35.5. The van der Waals surface area contributed by atoms with Crippen LogP contribution in [0.25, 0.3) is 16.3 Å². The molecule has 6 heteroatoms. The second kappa shape index (κ2) is 8.07. The van der Waals surface area contributed by atoms with E-state index in [-0.39, 0.29) is 17.2 Å². The molecule has 0 aliphatic carbocycles. The van der Waals surface area contributed by atoms with Crippen molar-refractivity contribution < 1.29 is 18.0 Å². The summed E-state index contributed by atoms with van der Waals surface area (Å²) in [5.74, 6) is -0.547. The molecule has 0 aliphatic rings. The third-order valence-electron chi connectivity index (χ3n) is 4.49. The van der Waals surface area contributed by atoms with E-state index in [1.165, 1.54) is 12.1 Å². The molecular weight excluding hydrogens is 387 g/mol. The van der Waals surface area contributed by atoms with E-state index in [1.54, 1.807) is 0 Å². The van der Waals surface area contributed by atoms with E-state index >= 15 is 0 Å². The first-order valence-corrected chi connectivity index (χ1v) is 9.01. The van der Waals surface area contributed by atoms with Gasteiger partial charge in [0.2, 0.25) is 0 Å². The summed E-state index contributed by atoms with van der Waals surface area (Å²) in [5, 5.41) is 4.85. The number of fused-ring (bicyclic) bond motifs is 1. The maximum atomic E-state index is 13.0. The van der Waals surface area contributed by atoms with E-state index in [0.29, 0.717) is 0 Å². The fourth-order valence-electron chi connectivity index (χ4n) is 3.09. The van der Waals surface area contributed by atoms with Crippen molar-refractivity contribution in [3.05, 3.63) is 89.0 Å². The zero-order valence-electron chi connectivity index (χ0n) is 14.9. The van der Waals surface area contributed by atoms with Crippen molar-refractivity contribution in [3.8, 4) is 0 Å². The lowest BCUT2D eigenvalue weighted by atomic mass is 9.98. The highest BCUT2D eigenvalue weighted by molar-refractivity contribution is 6.35. The summed E-state index contributed by atoms with van der Waals surface area (Å²) in [7, 11) is 0. The Kier molecular flexibility index (Phi) is 5.75. The average molecular weight is 404 g/mol. The molecule has 28 heavy (non-hydrogen) atoms. The van der Waals surface area contributed by atoms with E-state index in [9.17, 15) is 18.0 Å². The van der Waals surface area contributed by atoms with Crippen LogP contribution in [0.3, 0.4) is 0 Å². The van der Waals surface area contributed by atoms with Gasteiger partial charge in [-0.15, -0.1) is 0 Å². The Labute approximate surface area is 165 Å². The van der Waals surface area contributed by atoms with Crippen molar-refractivity contribution in [1.29, 1.82) is 0 Å². The first kappa shape index (κ1) is 20.0. The number of carbonyl (C=O) groups is 1. The fourth-order valence-corrected chi connectivity index (χ4v) is 3.31. The van der Waals surface area contributed by atoms with Crippen LogP contribution in [0, 0.1) is 0 Å². The summed E-state index contributed by atoms with van der Waals surface area (Å²) >= 11 is 5.78. The molecule has 0 fully saturated rings. The van der Waals surface area contributed by atoms with Crippen molar-refractivity contribution in [1.82, 2.24) is 5.32 Å². The molecule has 1 N–H and O–H groups in total. The summed E-state index contributed by atoms with van der Waals surface area (Å²) in [6.45, 7) is 1.82. The zero-order valence-corrected chi connectivity index (χ0v) is 15.7. The van der Waals surface area contributed by atoms with Gasteiger partial charge in [0.25, 0.3) is 5.91 Å². The Morgan fingerprint density at radius 3 is 2.43 bits per heavy atom. The molecule has 0 bridgehead atoms. The summed E-state index contributed by atoms with van der Waals surface area (Å²) in [4.78, 5) is 12.7. The lowest BCUT2D eigenvalue weighted by molar-refractivity contribution is -0.137. The number of hydrogen-bond acceptors (Lipinski definition) is 1. The Bertz CT molecular complexity index is 1040. The van der Waals surface area contributed by atoms with Crippen LogP contribution >= 0.6 is 11.6 Å². The predicted molar refractivity (Wildman–Crippen MR) is 106 cm³/mol. The minimum Gasteiger partial charge on any atom is -0.345 e. The van der Waals surface area contributed by atoms with E-state index in [2.05, 4.69) is 5.32 Å². The maximum absolute atomic E-state index is 13.0. The van der Waals surface area contributed by atoms with Gasteiger partial charge in [-0.05, 0) is 41.0 Å². The zero-order chi connectivity index (χ0) is 20.3. The van der Waals surface area contributed by atoms with E-state index in [1.807, 2.05) is 49.4 Å². The second-order valence-electron chi connectivity index (χ2n) is 6.36. The van der Waals surface area contributed by atoms with Crippen molar-refractivity contribution >= 4 is 33.9 Å². The third-order valence-corrected chi connectivity index (χ3v) is 4.71. The van der Waals surface area contributed by atoms with Gasteiger partial charge >= 0.3 is 6.18 Å². The second-order valence-corrected chi connectivity index (χ2v) is 6.58. The van der Waals surface area contributed by atoms with Crippen LogP contribution in [-0.4, -0.2) is 5.91 Å². The molecule has 0 spiro atoms. The standard InChI is InChI=1S/C22H17ClF3NO/c1-14(18-11-5-7-15-6-2-3-10-19(15)18)27-21(28)20(13-23)16-8-4-9-17(12-16)22(24,25)26/h2-14H,1H3,(H,27,28)/t14-/m1/s1. The first-order valence-electron chi connectivity index (χ1n) is 8.58. The largest absolute Gasteiger partial charge is 0.416 e. The van der Waals surface area contributed by atoms with Crippen LogP contribution in [0.1, 0.15) is 29.7 Å². The topological polar surface area (TPSA) is 29.1 Å². The average Bonchev–Trinajstić information content (AvgIpc) is 2.67. The first-order chi connectivity index (χ1) is 13.3. The molecule has 1 amide bonds. The van der Waals surface area contributed by atoms with Crippen LogP contribution in [0.4, 0.5) is 13.2 Å². The van der Waals surface area contributed by atoms with Crippen molar-refractivity contribution in [2.75, 3.05) is 0 Å². The molecule has 1 atom stereocenters. The molecule has 0 saturated heterocycles. The molecular formula is C22H17ClF3NO. The minimum absolute atomic E-state index is 0.0279. The lowest BCUT2D eigenvalue weighted by Gasteiger charge is -2.18. The summed E-state index contributed by atoms with van der Waals surface area (Å²) in [5.41, 5.74) is 1.15. The molecule has 0 radical (unpaired) electrons. The molecule has 0 saturated carbocycles. The molecule has 0 aromatic heterocycles. The number of amides is 1. The highest BCUT2D eigenvalue weighted by Crippen LogP contribution is 2.31. The molecule has 3 aromatic rings. The van der Waals surface area contributed by atoms with Gasteiger partial charge in [-0.25, -0.2) is 0 Å². The number of nitrogens with one attached hydrogen (secondary N) is 1. The van der Waals surface area contributed by atoms with E-state index in [0.717, 1.165) is 34.0 Å². The number of halogens is 4. The SMILES string of the molecule is C[C@@H](NC(=O)C(=CCl)c1cccc(C(F)(F)F)c1)c1cccc2ccccc12. The van der Waals surface area contributed by atoms with Gasteiger partial charge in [-0.2, -0.15) is 13.2 Å². The Hall–Kier alpha value is -2.79. The monoisotopic (exact) mass is 403 g/mol. The number of alkyl halides is 3. The van der Waals surface area contributed by atoms with Crippen LogP contribution in [0.5, 0.6) is 0 Å². The smallest absolute Gasteiger partial charge is 0.345 e. The predicted octanol–water partition coefficient (Wildman–Crippen LogP) is 6.32. The highest BCUT2D eigenvalue weighted by Gasteiger charge is 2.31. The van der Waals surface area contributed by atoms with Gasteiger partial charge < -0.3 is 5.32 Å². The van der Waals surface area contributed by atoms with E-state index in [4.69, 9.17) is 11.6 Å². The van der Waals surface area contributed by atoms with Crippen LogP contribution in [0.15, 0.2) is 72.3 Å². The Balaban J connectivity index is 1.87. The normalized spacial score (nSPS) is 13.4. The Morgan fingerprint density at radius 2 is 1.71 bits per heavy atom. The van der Waals surface area contributed by atoms with Crippen LogP contribution in [-0.2, 0) is 11.0 Å². The van der Waals surface area contributed by atoms with Gasteiger partial charge in [0.05, 0.1) is 17.2 Å². The van der Waals surface area contributed by atoms with E-state index < -0.39 is 17.6 Å². The number of benzene rings is 3. The summed E-state index contributed by atoms with van der Waals surface area (Å²) in [6, 6.07) is 17.7. The van der Waals surface area contributed by atoms with Gasteiger partial charge in [-0.3, -0.25) is 4.79 Å². The van der Waals surface area contributed by atoms with Crippen molar-refractivity contribution in [3.63, 3.8) is 0 Å². The summed E-state index contributed by atoms with van der Waals surface area (Å²) < 4.78 is 38.9.